The number of nitrogens with one attached hydrogen (secondary N) is 1. The van der Waals surface area contributed by atoms with Gasteiger partial charge in [-0.1, -0.05) is 18.2 Å². The molecule has 0 spiro atoms. The normalized spacial score (nSPS) is 13.8. The van der Waals surface area contributed by atoms with Crippen LogP contribution in [0.1, 0.15) is 34.3 Å². The molecule has 0 saturated carbocycles. The number of rotatable bonds is 3. The molecule has 1 aromatic carbocycles. The maximum atomic E-state index is 12.5. The van der Waals surface area contributed by atoms with Crippen molar-refractivity contribution in [3.63, 3.8) is 0 Å². The van der Waals surface area contributed by atoms with Crippen molar-refractivity contribution in [1.82, 2.24) is 0 Å². The summed E-state index contributed by atoms with van der Waals surface area (Å²) in [6.45, 7) is 0. The highest BCUT2D eigenvalue weighted by atomic mass is 32.1. The minimum Gasteiger partial charge on any atom is -0.465 e. The van der Waals surface area contributed by atoms with Gasteiger partial charge in [0.25, 0.3) is 0 Å². The predicted octanol–water partition coefficient (Wildman–Crippen LogP) is 4.58. The number of carbonyl (C=O) groups is 2. The second kappa shape index (κ2) is 7.11. The number of anilines is 1. The Balaban J connectivity index is 2.02. The number of halogens is 3. The van der Waals surface area contributed by atoms with Gasteiger partial charge in [0.2, 0.25) is 0 Å². The van der Waals surface area contributed by atoms with E-state index in [0.717, 1.165) is 49.7 Å². The fourth-order valence-electron chi connectivity index (χ4n) is 3.04. The molecule has 1 N–H and O–H groups in total. The molecule has 1 aliphatic carbocycles. The molecule has 2 aromatic rings. The molecule has 0 fully saturated rings. The van der Waals surface area contributed by atoms with Crippen molar-refractivity contribution < 1.29 is 27.5 Å². The van der Waals surface area contributed by atoms with Crippen LogP contribution in [0.4, 0.5) is 18.2 Å². The molecule has 1 amide bonds. The summed E-state index contributed by atoms with van der Waals surface area (Å²) in [5.41, 5.74) is 3.53. The third-order valence-electron chi connectivity index (χ3n) is 4.32. The maximum absolute atomic E-state index is 12.5. The highest BCUT2D eigenvalue weighted by Gasteiger charge is 2.40. The maximum Gasteiger partial charge on any atom is 0.471 e. The Kier molecular flexibility index (Phi) is 5.04. The van der Waals surface area contributed by atoms with Gasteiger partial charge in [-0.3, -0.25) is 4.79 Å². The van der Waals surface area contributed by atoms with Gasteiger partial charge in [0.15, 0.2) is 0 Å². The van der Waals surface area contributed by atoms with Gasteiger partial charge in [0.1, 0.15) is 10.6 Å². The molecule has 0 bridgehead atoms. The SMILES string of the molecule is COC(=O)c1c(-c2ccc3c(c2)CCCC3)csc1NC(=O)C(F)(F)F. The number of benzene rings is 1. The lowest BCUT2D eigenvalue weighted by Crippen LogP contribution is -2.30. The first-order chi connectivity index (χ1) is 12.3. The summed E-state index contributed by atoms with van der Waals surface area (Å²) in [6.07, 6.45) is -0.902. The van der Waals surface area contributed by atoms with E-state index in [-0.39, 0.29) is 10.6 Å². The summed E-state index contributed by atoms with van der Waals surface area (Å²) < 4.78 is 42.3. The van der Waals surface area contributed by atoms with Gasteiger partial charge in [-0.15, -0.1) is 11.3 Å². The van der Waals surface area contributed by atoms with Crippen LogP contribution in [-0.4, -0.2) is 25.2 Å². The Morgan fingerprint density at radius 2 is 1.85 bits per heavy atom. The minimum atomic E-state index is -5.04. The van der Waals surface area contributed by atoms with Crippen molar-refractivity contribution in [3.05, 3.63) is 40.3 Å². The summed E-state index contributed by atoms with van der Waals surface area (Å²) in [5, 5.41) is 3.16. The number of amides is 1. The van der Waals surface area contributed by atoms with Crippen molar-refractivity contribution in [2.75, 3.05) is 12.4 Å². The van der Waals surface area contributed by atoms with Crippen molar-refractivity contribution in [1.29, 1.82) is 0 Å². The number of fused-ring (bicyclic) bond motifs is 1. The van der Waals surface area contributed by atoms with Crippen LogP contribution in [0.5, 0.6) is 0 Å². The van der Waals surface area contributed by atoms with Crippen LogP contribution in [0.25, 0.3) is 11.1 Å². The number of alkyl halides is 3. The Morgan fingerprint density at radius 3 is 2.50 bits per heavy atom. The molecule has 1 heterocycles. The van der Waals surface area contributed by atoms with Crippen LogP contribution in [0.15, 0.2) is 23.6 Å². The van der Waals surface area contributed by atoms with E-state index in [1.807, 2.05) is 18.2 Å². The molecular weight excluding hydrogens is 367 g/mol. The highest BCUT2D eigenvalue weighted by Crippen LogP contribution is 2.38. The zero-order valence-electron chi connectivity index (χ0n) is 13.9. The van der Waals surface area contributed by atoms with Gasteiger partial charge in [-0.2, -0.15) is 13.2 Å². The molecule has 1 aromatic heterocycles. The quantitative estimate of drug-likeness (QED) is 0.790. The Hall–Kier alpha value is -2.35. The topological polar surface area (TPSA) is 55.4 Å². The van der Waals surface area contributed by atoms with Crippen LogP contribution < -0.4 is 5.32 Å². The lowest BCUT2D eigenvalue weighted by molar-refractivity contribution is -0.167. The number of hydrogen-bond acceptors (Lipinski definition) is 4. The molecule has 0 saturated heterocycles. The van der Waals surface area contributed by atoms with Crippen molar-refractivity contribution in [3.8, 4) is 11.1 Å². The second-order valence-corrected chi connectivity index (χ2v) is 6.87. The molecule has 4 nitrogen and oxygen atoms in total. The van der Waals surface area contributed by atoms with E-state index in [9.17, 15) is 22.8 Å². The minimum absolute atomic E-state index is 0.0640. The number of aryl methyl sites for hydroxylation is 2. The molecule has 138 valence electrons. The predicted molar refractivity (Wildman–Crippen MR) is 92.4 cm³/mol. The summed E-state index contributed by atoms with van der Waals surface area (Å²) >= 11 is 0.864. The lowest BCUT2D eigenvalue weighted by atomic mass is 9.89. The molecule has 8 heteroatoms. The van der Waals surface area contributed by atoms with Gasteiger partial charge < -0.3 is 10.1 Å². The van der Waals surface area contributed by atoms with Gasteiger partial charge in [0.05, 0.1) is 7.11 Å². The molecule has 0 unspecified atom stereocenters. The molecule has 1 aliphatic rings. The van der Waals surface area contributed by atoms with Gasteiger partial charge in [0, 0.05) is 10.9 Å². The summed E-state index contributed by atoms with van der Waals surface area (Å²) in [5.74, 6) is -2.92. The Bertz CT molecular complexity index is 858. The number of ether oxygens (including phenoxy) is 1. The Labute approximate surface area is 152 Å². The smallest absolute Gasteiger partial charge is 0.465 e. The Morgan fingerprint density at radius 1 is 1.15 bits per heavy atom. The number of thiophene rings is 1. The number of hydrogen-bond donors (Lipinski definition) is 1. The number of esters is 1. The van der Waals surface area contributed by atoms with Gasteiger partial charge >= 0.3 is 18.1 Å². The standard InChI is InChI=1S/C18H16F3NO3S/c1-25-16(23)14-13(9-26-15(14)22-17(24)18(19,20)21)12-7-6-10-4-2-3-5-11(10)8-12/h6-9H,2-5H2,1H3,(H,22,24). The first-order valence-electron chi connectivity index (χ1n) is 8.01. The van der Waals surface area contributed by atoms with Crippen molar-refractivity contribution in [2.24, 2.45) is 0 Å². The zero-order valence-corrected chi connectivity index (χ0v) is 14.7. The fraction of sp³-hybridized carbons (Fsp3) is 0.333. The van der Waals surface area contributed by atoms with Crippen LogP contribution in [0, 0.1) is 0 Å². The lowest BCUT2D eigenvalue weighted by Gasteiger charge is -2.16. The van der Waals surface area contributed by atoms with Crippen LogP contribution in [0.3, 0.4) is 0 Å². The van der Waals surface area contributed by atoms with Crippen LogP contribution in [0.2, 0.25) is 0 Å². The second-order valence-electron chi connectivity index (χ2n) is 5.99. The molecule has 26 heavy (non-hydrogen) atoms. The monoisotopic (exact) mass is 383 g/mol. The average Bonchev–Trinajstić information content (AvgIpc) is 3.03. The molecule has 0 aliphatic heterocycles. The number of carbonyl (C=O) groups excluding carboxylic acids is 2. The van der Waals surface area contributed by atoms with E-state index in [1.54, 1.807) is 10.7 Å². The fourth-order valence-corrected chi connectivity index (χ4v) is 3.99. The van der Waals surface area contributed by atoms with Crippen molar-refractivity contribution in [2.45, 2.75) is 31.9 Å². The first kappa shape index (κ1) is 18.4. The zero-order chi connectivity index (χ0) is 18.9. The van der Waals surface area contributed by atoms with E-state index < -0.39 is 18.1 Å². The van der Waals surface area contributed by atoms with Crippen LogP contribution in [-0.2, 0) is 22.4 Å². The van der Waals surface area contributed by atoms with Gasteiger partial charge in [-0.25, -0.2) is 4.79 Å². The highest BCUT2D eigenvalue weighted by molar-refractivity contribution is 7.15. The summed E-state index contributed by atoms with van der Waals surface area (Å²) in [7, 11) is 1.14. The van der Waals surface area contributed by atoms with E-state index in [4.69, 9.17) is 4.74 Å². The van der Waals surface area contributed by atoms with E-state index >= 15 is 0 Å². The molecular formula is C18H16F3NO3S. The first-order valence-corrected chi connectivity index (χ1v) is 8.89. The van der Waals surface area contributed by atoms with E-state index in [0.29, 0.717) is 5.56 Å². The summed E-state index contributed by atoms with van der Waals surface area (Å²) in [6, 6.07) is 5.78. The van der Waals surface area contributed by atoms with E-state index in [2.05, 4.69) is 0 Å². The third-order valence-corrected chi connectivity index (χ3v) is 5.22. The van der Waals surface area contributed by atoms with Crippen molar-refractivity contribution >= 4 is 28.2 Å². The van der Waals surface area contributed by atoms with Crippen LogP contribution >= 0.6 is 11.3 Å². The molecule has 0 atom stereocenters. The molecule has 0 radical (unpaired) electrons. The third kappa shape index (κ3) is 3.60. The summed E-state index contributed by atoms with van der Waals surface area (Å²) in [4.78, 5) is 23.4. The largest absolute Gasteiger partial charge is 0.471 e. The average molecular weight is 383 g/mol. The number of methoxy groups -OCH3 is 1. The molecule has 3 rings (SSSR count). The van der Waals surface area contributed by atoms with E-state index in [1.165, 1.54) is 11.1 Å². The van der Waals surface area contributed by atoms with Gasteiger partial charge in [-0.05, 0) is 42.4 Å².